The molecule has 5 nitrogen and oxygen atoms in total. The van der Waals surface area contributed by atoms with Crippen LogP contribution in [0.2, 0.25) is 0 Å². The monoisotopic (exact) mass is 312 g/mol. The van der Waals surface area contributed by atoms with E-state index in [1.165, 1.54) is 0 Å². The molecule has 0 aromatic heterocycles. The average molecular weight is 312 g/mol. The molecule has 1 aliphatic heterocycles. The quantitative estimate of drug-likeness (QED) is 0.641. The predicted octanol–water partition coefficient (Wildman–Crippen LogP) is 2.64. The predicted molar refractivity (Wildman–Crippen MR) is 82.7 cm³/mol. The Morgan fingerprint density at radius 1 is 0.957 bits per heavy atom. The normalized spacial score (nSPS) is 19.0. The smallest absolute Gasteiger partial charge is 0.351 e. The maximum atomic E-state index is 12.2. The number of hydrogen-bond acceptors (Lipinski definition) is 5. The van der Waals surface area contributed by atoms with Crippen LogP contribution in [0.1, 0.15) is 17.3 Å². The fraction of sp³-hybridized carbons (Fsp3) is 0.222. The van der Waals surface area contributed by atoms with E-state index in [2.05, 4.69) is 0 Å². The number of carbonyl (C=O) groups excluding carboxylic acids is 2. The van der Waals surface area contributed by atoms with Gasteiger partial charge in [-0.2, -0.15) is 0 Å². The van der Waals surface area contributed by atoms with Gasteiger partial charge in [-0.25, -0.2) is 4.79 Å². The lowest BCUT2D eigenvalue weighted by Gasteiger charge is -2.30. The van der Waals surface area contributed by atoms with Crippen LogP contribution in [0, 0.1) is 0 Å². The molecular weight excluding hydrogens is 296 g/mol. The van der Waals surface area contributed by atoms with Gasteiger partial charge in [-0.1, -0.05) is 42.5 Å². The second-order valence-electron chi connectivity index (χ2n) is 5.21. The number of ether oxygens (including phenoxy) is 3. The first-order valence-corrected chi connectivity index (χ1v) is 7.32. The second-order valence-corrected chi connectivity index (χ2v) is 5.21. The Labute approximate surface area is 133 Å². The van der Waals surface area contributed by atoms with Gasteiger partial charge < -0.3 is 14.2 Å². The van der Waals surface area contributed by atoms with Gasteiger partial charge in [0, 0.05) is 5.56 Å². The lowest BCUT2D eigenvalue weighted by molar-refractivity contribution is -0.156. The lowest BCUT2D eigenvalue weighted by Crippen LogP contribution is -2.44. The molecule has 0 unspecified atom stereocenters. The van der Waals surface area contributed by atoms with E-state index in [0.717, 1.165) is 0 Å². The topological polar surface area (TPSA) is 61.8 Å². The van der Waals surface area contributed by atoms with Gasteiger partial charge in [0.1, 0.15) is 6.10 Å². The molecule has 118 valence electrons. The molecule has 2 aromatic carbocycles. The van der Waals surface area contributed by atoms with Crippen molar-refractivity contribution in [3.63, 3.8) is 0 Å². The summed E-state index contributed by atoms with van der Waals surface area (Å²) in [5, 5.41) is 0. The Kier molecular flexibility index (Phi) is 4.28. The maximum Gasteiger partial charge on any atom is 0.351 e. The zero-order chi connectivity index (χ0) is 16.2. The van der Waals surface area contributed by atoms with Gasteiger partial charge in [-0.3, -0.25) is 4.79 Å². The van der Waals surface area contributed by atoms with Crippen LogP contribution in [-0.2, 0) is 9.53 Å². The van der Waals surface area contributed by atoms with Crippen LogP contribution in [0.5, 0.6) is 11.5 Å². The SMILES string of the molecule is C[C@H]1Oc2ccccc2O[C@H]1C(=O)OCC(=O)c1ccccc1. The average Bonchev–Trinajstić information content (AvgIpc) is 2.59. The van der Waals surface area contributed by atoms with Crippen LogP contribution in [0.15, 0.2) is 54.6 Å². The fourth-order valence-electron chi connectivity index (χ4n) is 2.31. The highest BCUT2D eigenvalue weighted by molar-refractivity contribution is 5.98. The molecule has 5 heteroatoms. The highest BCUT2D eigenvalue weighted by atomic mass is 16.6. The molecule has 0 aliphatic carbocycles. The van der Waals surface area contributed by atoms with E-state index < -0.39 is 18.2 Å². The molecule has 0 fully saturated rings. The summed E-state index contributed by atoms with van der Waals surface area (Å²) < 4.78 is 16.4. The van der Waals surface area contributed by atoms with Crippen LogP contribution in [-0.4, -0.2) is 30.6 Å². The molecule has 0 bridgehead atoms. The van der Waals surface area contributed by atoms with Crippen molar-refractivity contribution in [3.8, 4) is 11.5 Å². The summed E-state index contributed by atoms with van der Waals surface area (Å²) in [6.45, 7) is 1.40. The van der Waals surface area contributed by atoms with E-state index in [0.29, 0.717) is 17.1 Å². The highest BCUT2D eigenvalue weighted by Crippen LogP contribution is 2.33. The number of carbonyl (C=O) groups is 2. The molecule has 23 heavy (non-hydrogen) atoms. The Bertz CT molecular complexity index is 710. The first-order valence-electron chi connectivity index (χ1n) is 7.32. The Morgan fingerprint density at radius 2 is 1.57 bits per heavy atom. The third-order valence-corrected chi connectivity index (χ3v) is 3.52. The maximum absolute atomic E-state index is 12.2. The van der Waals surface area contributed by atoms with Crippen molar-refractivity contribution in [2.45, 2.75) is 19.1 Å². The van der Waals surface area contributed by atoms with Crippen molar-refractivity contribution in [1.29, 1.82) is 0 Å². The number of rotatable bonds is 4. The van der Waals surface area contributed by atoms with Crippen molar-refractivity contribution < 1.29 is 23.8 Å². The van der Waals surface area contributed by atoms with Crippen LogP contribution < -0.4 is 9.47 Å². The lowest BCUT2D eigenvalue weighted by atomic mass is 10.1. The van der Waals surface area contributed by atoms with Crippen molar-refractivity contribution in [2.24, 2.45) is 0 Å². The molecule has 0 amide bonds. The first-order chi connectivity index (χ1) is 11.1. The minimum absolute atomic E-state index is 0.260. The zero-order valence-corrected chi connectivity index (χ0v) is 12.6. The Balaban J connectivity index is 1.62. The molecule has 0 N–H and O–H groups in total. The van der Waals surface area contributed by atoms with Gasteiger partial charge in [0.15, 0.2) is 23.9 Å². The van der Waals surface area contributed by atoms with Gasteiger partial charge in [-0.15, -0.1) is 0 Å². The van der Waals surface area contributed by atoms with E-state index in [1.54, 1.807) is 49.4 Å². The standard InChI is InChI=1S/C18H16O5/c1-12-17(23-16-10-6-5-9-15(16)22-12)18(20)21-11-14(19)13-7-3-2-4-8-13/h2-10,12,17H,11H2,1H3/t12-,17-/m1/s1. The Morgan fingerprint density at radius 3 is 2.26 bits per heavy atom. The summed E-state index contributed by atoms with van der Waals surface area (Å²) in [6.07, 6.45) is -1.39. The van der Waals surface area contributed by atoms with Gasteiger partial charge >= 0.3 is 5.97 Å². The molecule has 2 aromatic rings. The largest absolute Gasteiger partial charge is 0.482 e. The number of hydrogen-bond donors (Lipinski definition) is 0. The van der Waals surface area contributed by atoms with Gasteiger partial charge in [0.2, 0.25) is 6.10 Å². The van der Waals surface area contributed by atoms with E-state index in [9.17, 15) is 9.59 Å². The van der Waals surface area contributed by atoms with Crippen LogP contribution in [0.25, 0.3) is 0 Å². The zero-order valence-electron chi connectivity index (χ0n) is 12.6. The molecule has 0 saturated heterocycles. The summed E-state index contributed by atoms with van der Waals surface area (Å²) in [6, 6.07) is 15.8. The van der Waals surface area contributed by atoms with E-state index in [-0.39, 0.29) is 12.4 Å². The molecule has 1 heterocycles. The number of Topliss-reactive ketones (excluding diaryl/α,β-unsaturated/α-hetero) is 1. The third kappa shape index (κ3) is 3.34. The van der Waals surface area contributed by atoms with Crippen molar-refractivity contribution in [1.82, 2.24) is 0 Å². The number of esters is 1. The molecule has 0 saturated carbocycles. The summed E-state index contributed by atoms with van der Waals surface area (Å²) >= 11 is 0. The molecule has 0 radical (unpaired) electrons. The van der Waals surface area contributed by atoms with E-state index in [4.69, 9.17) is 14.2 Å². The number of benzene rings is 2. The van der Waals surface area contributed by atoms with Crippen LogP contribution >= 0.6 is 0 Å². The molecule has 1 aliphatic rings. The van der Waals surface area contributed by atoms with Gasteiger partial charge in [-0.05, 0) is 19.1 Å². The minimum Gasteiger partial charge on any atom is -0.482 e. The van der Waals surface area contributed by atoms with Crippen molar-refractivity contribution >= 4 is 11.8 Å². The van der Waals surface area contributed by atoms with E-state index in [1.807, 2.05) is 12.1 Å². The summed E-state index contributed by atoms with van der Waals surface area (Å²) in [5.74, 6) is 0.200. The summed E-state index contributed by atoms with van der Waals surface area (Å²) in [4.78, 5) is 24.1. The number of ketones is 1. The van der Waals surface area contributed by atoms with Crippen molar-refractivity contribution in [2.75, 3.05) is 6.61 Å². The van der Waals surface area contributed by atoms with Gasteiger partial charge in [0.05, 0.1) is 0 Å². The molecular formula is C18H16O5. The molecule has 3 rings (SSSR count). The fourth-order valence-corrected chi connectivity index (χ4v) is 2.31. The summed E-state index contributed by atoms with van der Waals surface area (Å²) in [7, 11) is 0. The third-order valence-electron chi connectivity index (χ3n) is 3.52. The van der Waals surface area contributed by atoms with Crippen LogP contribution in [0.4, 0.5) is 0 Å². The molecule has 2 atom stereocenters. The molecule has 0 spiro atoms. The minimum atomic E-state index is -0.895. The number of fused-ring (bicyclic) bond motifs is 1. The van der Waals surface area contributed by atoms with E-state index >= 15 is 0 Å². The van der Waals surface area contributed by atoms with Crippen LogP contribution in [0.3, 0.4) is 0 Å². The van der Waals surface area contributed by atoms with Crippen molar-refractivity contribution in [3.05, 3.63) is 60.2 Å². The second kappa shape index (κ2) is 6.52. The first kappa shape index (κ1) is 15.1. The summed E-state index contributed by atoms with van der Waals surface area (Å²) in [5.41, 5.74) is 0.500. The highest BCUT2D eigenvalue weighted by Gasteiger charge is 2.35. The Hall–Kier alpha value is -2.82. The number of para-hydroxylation sites is 2. The van der Waals surface area contributed by atoms with Gasteiger partial charge in [0.25, 0.3) is 0 Å².